The average Bonchev–Trinajstić information content (AvgIpc) is 2.27. The summed E-state index contributed by atoms with van der Waals surface area (Å²) in [5.74, 6) is -1.03. The molecule has 1 heterocycles. The van der Waals surface area contributed by atoms with Crippen molar-refractivity contribution in [1.82, 2.24) is 4.57 Å². The van der Waals surface area contributed by atoms with Crippen LogP contribution >= 0.6 is 0 Å². The first-order chi connectivity index (χ1) is 7.66. The van der Waals surface area contributed by atoms with Gasteiger partial charge in [0.2, 0.25) is 0 Å². The minimum Gasteiger partial charge on any atom is -0.311 e. The average molecular weight is 221 g/mol. The number of hydrogen-bond donors (Lipinski definition) is 0. The van der Waals surface area contributed by atoms with Gasteiger partial charge in [-0.1, -0.05) is 6.07 Å². The van der Waals surface area contributed by atoms with Gasteiger partial charge in [-0.25, -0.2) is 8.78 Å². The molecular formula is C12H9F2NO. The molecule has 0 aliphatic heterocycles. The first kappa shape index (κ1) is 10.5. The van der Waals surface area contributed by atoms with Gasteiger partial charge in [0.25, 0.3) is 5.56 Å². The van der Waals surface area contributed by atoms with Crippen molar-refractivity contribution in [1.29, 1.82) is 0 Å². The zero-order chi connectivity index (χ0) is 11.5. The molecule has 0 fully saturated rings. The second kappa shape index (κ2) is 4.26. The molecule has 1 aromatic carbocycles. The van der Waals surface area contributed by atoms with Crippen LogP contribution in [0.4, 0.5) is 8.78 Å². The zero-order valence-electron chi connectivity index (χ0n) is 8.36. The largest absolute Gasteiger partial charge is 0.311 e. The molecule has 0 saturated heterocycles. The van der Waals surface area contributed by atoms with Crippen LogP contribution in [-0.4, -0.2) is 4.57 Å². The lowest BCUT2D eigenvalue weighted by Crippen LogP contribution is -2.18. The van der Waals surface area contributed by atoms with Gasteiger partial charge in [0.05, 0.1) is 6.54 Å². The topological polar surface area (TPSA) is 22.0 Å². The molecule has 4 heteroatoms. The Morgan fingerprint density at radius 2 is 1.94 bits per heavy atom. The Bertz CT molecular complexity index is 563. The molecule has 0 bridgehead atoms. The van der Waals surface area contributed by atoms with Crippen molar-refractivity contribution < 1.29 is 8.78 Å². The number of aromatic nitrogens is 1. The standard InChI is InChI=1S/C12H9F2NO/c13-10-4-5-11(14)9(7-10)8-15-6-2-1-3-12(15)16/h1-7H,8H2. The van der Waals surface area contributed by atoms with Crippen molar-refractivity contribution in [3.63, 3.8) is 0 Å². The SMILES string of the molecule is O=c1ccccn1Cc1cc(F)ccc1F. The maximum Gasteiger partial charge on any atom is 0.250 e. The second-order valence-corrected chi connectivity index (χ2v) is 3.40. The molecule has 0 unspecified atom stereocenters. The van der Waals surface area contributed by atoms with Crippen molar-refractivity contribution in [2.75, 3.05) is 0 Å². The third-order valence-electron chi connectivity index (χ3n) is 2.25. The van der Waals surface area contributed by atoms with E-state index in [1.54, 1.807) is 12.1 Å². The smallest absolute Gasteiger partial charge is 0.250 e. The fourth-order valence-corrected chi connectivity index (χ4v) is 1.44. The summed E-state index contributed by atoms with van der Waals surface area (Å²) in [6.07, 6.45) is 1.53. The van der Waals surface area contributed by atoms with Crippen LogP contribution in [0.3, 0.4) is 0 Å². The van der Waals surface area contributed by atoms with Gasteiger partial charge in [-0.3, -0.25) is 4.79 Å². The molecule has 2 aromatic rings. The summed E-state index contributed by atoms with van der Waals surface area (Å²) < 4.78 is 27.5. The molecule has 2 nitrogen and oxygen atoms in total. The van der Waals surface area contributed by atoms with Crippen LogP contribution in [-0.2, 0) is 6.54 Å². The number of rotatable bonds is 2. The molecule has 16 heavy (non-hydrogen) atoms. The van der Waals surface area contributed by atoms with E-state index in [2.05, 4.69) is 0 Å². The van der Waals surface area contributed by atoms with Crippen LogP contribution in [0.5, 0.6) is 0 Å². The van der Waals surface area contributed by atoms with Crippen LogP contribution in [0, 0.1) is 11.6 Å². The Morgan fingerprint density at radius 3 is 2.69 bits per heavy atom. The van der Waals surface area contributed by atoms with Crippen molar-refractivity contribution in [2.24, 2.45) is 0 Å². The number of nitrogens with zero attached hydrogens (tertiary/aromatic N) is 1. The van der Waals surface area contributed by atoms with E-state index < -0.39 is 11.6 Å². The molecule has 0 amide bonds. The molecule has 0 spiro atoms. The molecule has 0 N–H and O–H groups in total. The van der Waals surface area contributed by atoms with Gasteiger partial charge >= 0.3 is 0 Å². The Balaban J connectivity index is 2.38. The van der Waals surface area contributed by atoms with Crippen LogP contribution in [0.25, 0.3) is 0 Å². The number of halogens is 2. The van der Waals surface area contributed by atoms with E-state index in [0.717, 1.165) is 18.2 Å². The van der Waals surface area contributed by atoms with E-state index in [1.165, 1.54) is 16.8 Å². The summed E-state index contributed by atoms with van der Waals surface area (Å²) in [5.41, 5.74) is -0.0838. The normalized spacial score (nSPS) is 10.4. The van der Waals surface area contributed by atoms with E-state index >= 15 is 0 Å². The summed E-state index contributed by atoms with van der Waals surface area (Å²) in [7, 11) is 0. The lowest BCUT2D eigenvalue weighted by atomic mass is 10.2. The second-order valence-electron chi connectivity index (χ2n) is 3.40. The highest BCUT2D eigenvalue weighted by Gasteiger charge is 2.05. The highest BCUT2D eigenvalue weighted by atomic mass is 19.1. The van der Waals surface area contributed by atoms with Gasteiger partial charge in [0.15, 0.2) is 0 Å². The minimum absolute atomic E-state index is 0.0310. The van der Waals surface area contributed by atoms with Crippen molar-refractivity contribution in [3.05, 3.63) is 70.1 Å². The molecule has 0 aliphatic carbocycles. The molecule has 82 valence electrons. The highest BCUT2D eigenvalue weighted by Crippen LogP contribution is 2.10. The molecule has 0 saturated carbocycles. The maximum atomic E-state index is 13.3. The first-order valence-electron chi connectivity index (χ1n) is 4.76. The number of pyridine rings is 1. The van der Waals surface area contributed by atoms with Crippen molar-refractivity contribution in [2.45, 2.75) is 6.54 Å². The fourth-order valence-electron chi connectivity index (χ4n) is 1.44. The summed E-state index contributed by atoms with van der Waals surface area (Å²) in [5, 5.41) is 0. The molecular weight excluding hydrogens is 212 g/mol. The highest BCUT2D eigenvalue weighted by molar-refractivity contribution is 5.19. The predicted octanol–water partition coefficient (Wildman–Crippen LogP) is 2.17. The zero-order valence-corrected chi connectivity index (χ0v) is 8.36. The molecule has 0 atom stereocenters. The van der Waals surface area contributed by atoms with E-state index in [4.69, 9.17) is 0 Å². The molecule has 0 radical (unpaired) electrons. The third-order valence-corrected chi connectivity index (χ3v) is 2.25. The predicted molar refractivity (Wildman–Crippen MR) is 56.2 cm³/mol. The van der Waals surface area contributed by atoms with Gasteiger partial charge in [-0.15, -0.1) is 0 Å². The summed E-state index contributed by atoms with van der Waals surface area (Å²) in [4.78, 5) is 11.4. The maximum absolute atomic E-state index is 13.3. The van der Waals surface area contributed by atoms with E-state index in [-0.39, 0.29) is 17.7 Å². The van der Waals surface area contributed by atoms with Crippen LogP contribution < -0.4 is 5.56 Å². The molecule has 0 aliphatic rings. The van der Waals surface area contributed by atoms with Gasteiger partial charge in [0.1, 0.15) is 11.6 Å². The molecule has 1 aromatic heterocycles. The van der Waals surface area contributed by atoms with E-state index in [9.17, 15) is 13.6 Å². The first-order valence-corrected chi connectivity index (χ1v) is 4.76. The Labute approximate surface area is 90.8 Å². The summed E-state index contributed by atoms with van der Waals surface area (Å²) in [6, 6.07) is 7.83. The van der Waals surface area contributed by atoms with Crippen molar-refractivity contribution >= 4 is 0 Å². The lowest BCUT2D eigenvalue weighted by Gasteiger charge is -2.06. The molecule has 2 rings (SSSR count). The Hall–Kier alpha value is -1.97. The quantitative estimate of drug-likeness (QED) is 0.761. The fraction of sp³-hybridized carbons (Fsp3) is 0.0833. The van der Waals surface area contributed by atoms with Gasteiger partial charge in [0, 0.05) is 17.8 Å². The summed E-state index contributed by atoms with van der Waals surface area (Å²) in [6.45, 7) is 0.0310. The monoisotopic (exact) mass is 221 g/mol. The van der Waals surface area contributed by atoms with Crippen LogP contribution in [0.2, 0.25) is 0 Å². The van der Waals surface area contributed by atoms with Crippen molar-refractivity contribution in [3.8, 4) is 0 Å². The van der Waals surface area contributed by atoms with E-state index in [1.807, 2.05) is 0 Å². The van der Waals surface area contributed by atoms with Gasteiger partial charge in [-0.2, -0.15) is 0 Å². The van der Waals surface area contributed by atoms with E-state index in [0.29, 0.717) is 0 Å². The van der Waals surface area contributed by atoms with Gasteiger partial charge < -0.3 is 4.57 Å². The number of benzene rings is 1. The van der Waals surface area contributed by atoms with Gasteiger partial charge in [-0.05, 0) is 24.3 Å². The Kier molecular flexibility index (Phi) is 2.81. The minimum atomic E-state index is -0.517. The lowest BCUT2D eigenvalue weighted by molar-refractivity contribution is 0.574. The number of hydrogen-bond acceptors (Lipinski definition) is 1. The third kappa shape index (κ3) is 2.16. The van der Waals surface area contributed by atoms with Crippen LogP contribution in [0.1, 0.15) is 5.56 Å². The summed E-state index contributed by atoms with van der Waals surface area (Å²) >= 11 is 0. The Morgan fingerprint density at radius 1 is 1.12 bits per heavy atom. The van der Waals surface area contributed by atoms with Crippen LogP contribution in [0.15, 0.2) is 47.4 Å².